The second kappa shape index (κ2) is 11.6. The molecule has 6 nitrogen and oxygen atoms in total. The molecule has 0 bridgehead atoms. The molecule has 3 aromatic carbocycles. The van der Waals surface area contributed by atoms with Crippen molar-refractivity contribution in [1.29, 1.82) is 0 Å². The van der Waals surface area contributed by atoms with Crippen LogP contribution in [0.2, 0.25) is 0 Å². The van der Waals surface area contributed by atoms with E-state index in [1.54, 1.807) is 18.2 Å². The first-order chi connectivity index (χ1) is 15.5. The number of rotatable bonds is 10. The first-order valence-electron chi connectivity index (χ1n) is 10.6. The molecule has 0 fully saturated rings. The van der Waals surface area contributed by atoms with Gasteiger partial charge in [-0.15, -0.1) is 0 Å². The predicted molar refractivity (Wildman–Crippen MR) is 125 cm³/mol. The van der Waals surface area contributed by atoms with Crippen LogP contribution in [0.15, 0.2) is 78.9 Å². The SMILES string of the molecule is CC(C)C(=O)Nc1cccc(CNC(=O)c2ccccc2OCCOc2ccccc2)c1. The van der Waals surface area contributed by atoms with Crippen LogP contribution < -0.4 is 20.1 Å². The summed E-state index contributed by atoms with van der Waals surface area (Å²) in [6.07, 6.45) is 0. The van der Waals surface area contributed by atoms with E-state index < -0.39 is 0 Å². The van der Waals surface area contributed by atoms with Gasteiger partial charge in [0.15, 0.2) is 0 Å². The minimum atomic E-state index is -0.235. The van der Waals surface area contributed by atoms with Gasteiger partial charge in [-0.05, 0) is 42.0 Å². The summed E-state index contributed by atoms with van der Waals surface area (Å²) >= 11 is 0. The van der Waals surface area contributed by atoms with Crippen LogP contribution in [0, 0.1) is 5.92 Å². The van der Waals surface area contributed by atoms with E-state index in [1.807, 2.05) is 74.5 Å². The summed E-state index contributed by atoms with van der Waals surface area (Å²) in [6, 6.07) is 24.0. The highest BCUT2D eigenvalue weighted by Gasteiger charge is 2.12. The summed E-state index contributed by atoms with van der Waals surface area (Å²) in [5.74, 6) is 0.885. The van der Waals surface area contributed by atoms with Crippen molar-refractivity contribution in [3.8, 4) is 11.5 Å². The van der Waals surface area contributed by atoms with Gasteiger partial charge in [0.25, 0.3) is 5.91 Å². The number of amides is 2. The van der Waals surface area contributed by atoms with E-state index >= 15 is 0 Å². The lowest BCUT2D eigenvalue weighted by molar-refractivity contribution is -0.118. The fourth-order valence-corrected chi connectivity index (χ4v) is 2.93. The number of hydrogen-bond acceptors (Lipinski definition) is 4. The number of benzene rings is 3. The molecule has 0 aliphatic heterocycles. The normalized spacial score (nSPS) is 10.5. The Bertz CT molecular complexity index is 1030. The van der Waals surface area contributed by atoms with Crippen LogP contribution in [-0.2, 0) is 11.3 Å². The van der Waals surface area contributed by atoms with Crippen molar-refractivity contribution < 1.29 is 19.1 Å². The van der Waals surface area contributed by atoms with E-state index in [4.69, 9.17) is 9.47 Å². The third-order valence-electron chi connectivity index (χ3n) is 4.66. The average molecular weight is 433 g/mol. The zero-order valence-electron chi connectivity index (χ0n) is 18.3. The fraction of sp³-hybridized carbons (Fsp3) is 0.231. The summed E-state index contributed by atoms with van der Waals surface area (Å²) in [6.45, 7) is 4.70. The van der Waals surface area contributed by atoms with Gasteiger partial charge in [-0.3, -0.25) is 9.59 Å². The van der Waals surface area contributed by atoms with E-state index in [0.29, 0.717) is 36.8 Å². The van der Waals surface area contributed by atoms with Gasteiger partial charge >= 0.3 is 0 Å². The summed E-state index contributed by atoms with van der Waals surface area (Å²) in [4.78, 5) is 24.7. The van der Waals surface area contributed by atoms with Gasteiger partial charge in [-0.2, -0.15) is 0 Å². The zero-order valence-corrected chi connectivity index (χ0v) is 18.3. The quantitative estimate of drug-likeness (QED) is 0.457. The summed E-state index contributed by atoms with van der Waals surface area (Å²) < 4.78 is 11.4. The molecular formula is C26H28N2O4. The van der Waals surface area contributed by atoms with Crippen LogP contribution in [-0.4, -0.2) is 25.0 Å². The molecule has 0 saturated carbocycles. The Morgan fingerprint density at radius 3 is 2.34 bits per heavy atom. The van der Waals surface area contributed by atoms with Gasteiger partial charge in [0.2, 0.25) is 5.91 Å². The van der Waals surface area contributed by atoms with Crippen LogP contribution in [0.3, 0.4) is 0 Å². The number of carbonyl (C=O) groups is 2. The lowest BCUT2D eigenvalue weighted by atomic mass is 10.1. The highest BCUT2D eigenvalue weighted by Crippen LogP contribution is 2.19. The minimum Gasteiger partial charge on any atom is -0.490 e. The van der Waals surface area contributed by atoms with Crippen LogP contribution in [0.1, 0.15) is 29.8 Å². The molecule has 6 heteroatoms. The van der Waals surface area contributed by atoms with E-state index in [0.717, 1.165) is 11.3 Å². The number of para-hydroxylation sites is 2. The molecule has 0 atom stereocenters. The summed E-state index contributed by atoms with van der Waals surface area (Å²) in [5.41, 5.74) is 2.05. The first-order valence-corrected chi connectivity index (χ1v) is 10.6. The molecule has 0 spiro atoms. The molecular weight excluding hydrogens is 404 g/mol. The largest absolute Gasteiger partial charge is 0.490 e. The molecule has 32 heavy (non-hydrogen) atoms. The number of anilines is 1. The van der Waals surface area contributed by atoms with Crippen molar-refractivity contribution in [2.75, 3.05) is 18.5 Å². The van der Waals surface area contributed by atoms with Gasteiger partial charge in [-0.1, -0.05) is 56.3 Å². The Kier molecular flexibility index (Phi) is 8.26. The Labute approximate surface area is 188 Å². The van der Waals surface area contributed by atoms with Crippen molar-refractivity contribution in [2.45, 2.75) is 20.4 Å². The summed E-state index contributed by atoms with van der Waals surface area (Å²) in [7, 11) is 0. The minimum absolute atomic E-state index is 0.0477. The van der Waals surface area contributed by atoms with Gasteiger partial charge < -0.3 is 20.1 Å². The molecule has 3 rings (SSSR count). The zero-order chi connectivity index (χ0) is 22.8. The van der Waals surface area contributed by atoms with E-state index in [-0.39, 0.29) is 17.7 Å². The lowest BCUT2D eigenvalue weighted by Gasteiger charge is -2.13. The van der Waals surface area contributed by atoms with E-state index in [9.17, 15) is 9.59 Å². The van der Waals surface area contributed by atoms with E-state index in [2.05, 4.69) is 10.6 Å². The van der Waals surface area contributed by atoms with Gasteiger partial charge in [0, 0.05) is 18.2 Å². The predicted octanol–water partition coefficient (Wildman–Crippen LogP) is 4.67. The molecule has 2 amide bonds. The summed E-state index contributed by atoms with van der Waals surface area (Å²) in [5, 5.41) is 5.78. The Balaban J connectivity index is 1.54. The topological polar surface area (TPSA) is 76.7 Å². The number of carbonyl (C=O) groups excluding carboxylic acids is 2. The molecule has 2 N–H and O–H groups in total. The van der Waals surface area contributed by atoms with Crippen LogP contribution in [0.25, 0.3) is 0 Å². The van der Waals surface area contributed by atoms with Crippen LogP contribution in [0.4, 0.5) is 5.69 Å². The van der Waals surface area contributed by atoms with Crippen molar-refractivity contribution in [1.82, 2.24) is 5.32 Å². The number of ether oxygens (including phenoxy) is 2. The Morgan fingerprint density at radius 1 is 0.844 bits per heavy atom. The highest BCUT2D eigenvalue weighted by atomic mass is 16.5. The van der Waals surface area contributed by atoms with Crippen molar-refractivity contribution >= 4 is 17.5 Å². The van der Waals surface area contributed by atoms with Gasteiger partial charge in [0.05, 0.1) is 5.56 Å². The van der Waals surface area contributed by atoms with E-state index in [1.165, 1.54) is 0 Å². The molecule has 0 saturated heterocycles. The standard InChI is InChI=1S/C26H28N2O4/c1-19(2)25(29)28-21-10-8-9-20(17-21)18-27-26(30)23-13-6-7-14-24(23)32-16-15-31-22-11-4-3-5-12-22/h3-14,17,19H,15-16,18H2,1-2H3,(H,27,30)(H,28,29). The second-order valence-electron chi connectivity index (χ2n) is 7.53. The molecule has 3 aromatic rings. The Morgan fingerprint density at radius 2 is 1.56 bits per heavy atom. The third-order valence-corrected chi connectivity index (χ3v) is 4.66. The smallest absolute Gasteiger partial charge is 0.255 e. The number of nitrogens with one attached hydrogen (secondary N) is 2. The monoisotopic (exact) mass is 432 g/mol. The van der Waals surface area contributed by atoms with Gasteiger partial charge in [0.1, 0.15) is 24.7 Å². The van der Waals surface area contributed by atoms with Gasteiger partial charge in [-0.25, -0.2) is 0 Å². The lowest BCUT2D eigenvalue weighted by Crippen LogP contribution is -2.24. The third kappa shape index (κ3) is 6.87. The Hall–Kier alpha value is -3.80. The maximum absolute atomic E-state index is 12.8. The molecule has 0 aliphatic carbocycles. The molecule has 0 heterocycles. The second-order valence-corrected chi connectivity index (χ2v) is 7.53. The number of hydrogen-bond donors (Lipinski definition) is 2. The fourth-order valence-electron chi connectivity index (χ4n) is 2.93. The molecule has 0 unspecified atom stereocenters. The average Bonchev–Trinajstić information content (AvgIpc) is 2.81. The van der Waals surface area contributed by atoms with Crippen LogP contribution in [0.5, 0.6) is 11.5 Å². The molecule has 0 radical (unpaired) electrons. The van der Waals surface area contributed by atoms with Crippen molar-refractivity contribution in [3.05, 3.63) is 90.0 Å². The van der Waals surface area contributed by atoms with Crippen LogP contribution >= 0.6 is 0 Å². The molecule has 0 aliphatic rings. The maximum Gasteiger partial charge on any atom is 0.255 e. The maximum atomic E-state index is 12.8. The first kappa shape index (κ1) is 22.9. The highest BCUT2D eigenvalue weighted by molar-refractivity contribution is 5.97. The molecule has 166 valence electrons. The van der Waals surface area contributed by atoms with Crippen molar-refractivity contribution in [2.24, 2.45) is 5.92 Å². The molecule has 0 aromatic heterocycles. The van der Waals surface area contributed by atoms with Crippen molar-refractivity contribution in [3.63, 3.8) is 0 Å².